The van der Waals surface area contributed by atoms with Crippen LogP contribution in [-0.2, 0) is 16.0 Å². The average Bonchev–Trinajstić information content (AvgIpc) is 2.30. The third kappa shape index (κ3) is 2.57. The van der Waals surface area contributed by atoms with E-state index in [1.54, 1.807) is 6.26 Å². The topological polar surface area (TPSA) is 43.4 Å². The highest BCUT2D eigenvalue weighted by Crippen LogP contribution is 2.21. The molecule has 0 spiro atoms. The molecule has 3 nitrogen and oxygen atoms in total. The number of nitrogens with zero attached hydrogens (tertiary/aromatic N) is 1. The van der Waals surface area contributed by atoms with Gasteiger partial charge in [-0.05, 0) is 23.3 Å². The highest BCUT2D eigenvalue weighted by Gasteiger charge is 2.17. The second kappa shape index (κ2) is 4.89. The van der Waals surface area contributed by atoms with Gasteiger partial charge in [0.05, 0.1) is 0 Å². The molecule has 1 heterocycles. The summed E-state index contributed by atoms with van der Waals surface area (Å²) < 4.78 is 11.4. The van der Waals surface area contributed by atoms with E-state index in [1.165, 1.54) is 0 Å². The highest BCUT2D eigenvalue weighted by atomic mass is 32.2. The van der Waals surface area contributed by atoms with E-state index < -0.39 is 11.2 Å². The van der Waals surface area contributed by atoms with Gasteiger partial charge in [-0.2, -0.15) is 0 Å². The second-order valence-corrected chi connectivity index (χ2v) is 5.36. The Bertz CT molecular complexity index is 382. The summed E-state index contributed by atoms with van der Waals surface area (Å²) in [6.45, 7) is 1.55. The Morgan fingerprint density at radius 2 is 2.00 bits per heavy atom. The summed E-state index contributed by atoms with van der Waals surface area (Å²) >= 11 is -0.944. The molecule has 1 saturated heterocycles. The van der Waals surface area contributed by atoms with E-state index in [4.69, 9.17) is 0 Å². The summed E-state index contributed by atoms with van der Waals surface area (Å²) in [5.74, 6) is 0.339. The number of piperidine rings is 1. The van der Waals surface area contributed by atoms with E-state index in [0.29, 0.717) is 18.6 Å². The zero-order valence-corrected chi connectivity index (χ0v) is 10.1. The lowest BCUT2D eigenvalue weighted by Crippen LogP contribution is -2.33. The quantitative estimate of drug-likeness (QED) is 0.734. The molecule has 0 radical (unpaired) electrons. The van der Waals surface area contributed by atoms with E-state index >= 15 is 0 Å². The minimum atomic E-state index is -0.944. The summed E-state index contributed by atoms with van der Waals surface area (Å²) in [5, 5.41) is 0. The van der Waals surface area contributed by atoms with Gasteiger partial charge in [0.1, 0.15) is 12.0 Å². The van der Waals surface area contributed by atoms with E-state index in [9.17, 15) is 9.35 Å². The fourth-order valence-corrected chi connectivity index (χ4v) is 2.43. The normalized spacial score (nSPS) is 18.6. The third-order valence-electron chi connectivity index (χ3n) is 2.84. The molecule has 1 unspecified atom stereocenters. The Morgan fingerprint density at radius 1 is 1.31 bits per heavy atom. The maximum atomic E-state index is 11.4. The van der Waals surface area contributed by atoms with Crippen molar-refractivity contribution in [2.45, 2.75) is 17.7 Å². The predicted octanol–water partition coefficient (Wildman–Crippen LogP) is 1.59. The molecule has 16 heavy (non-hydrogen) atoms. The van der Waals surface area contributed by atoms with Gasteiger partial charge in [0.15, 0.2) is 4.90 Å². The molecule has 0 saturated carbocycles. The zero-order chi connectivity index (χ0) is 11.5. The number of hydrogen-bond acceptors (Lipinski definition) is 3. The lowest BCUT2D eigenvalue weighted by molar-refractivity contribution is -0.119. The molecular weight excluding hydrogens is 222 g/mol. The van der Waals surface area contributed by atoms with Gasteiger partial charge in [-0.25, -0.2) is 0 Å². The van der Waals surface area contributed by atoms with Crippen molar-refractivity contribution >= 4 is 22.6 Å². The van der Waals surface area contributed by atoms with Crippen LogP contribution in [0.5, 0.6) is 0 Å². The van der Waals surface area contributed by atoms with Crippen molar-refractivity contribution in [3.8, 4) is 0 Å². The fraction of sp³-hybridized carbons (Fsp3) is 0.417. The van der Waals surface area contributed by atoms with Crippen LogP contribution in [0.1, 0.15) is 12.8 Å². The number of hydrogen-bond donors (Lipinski definition) is 0. The summed E-state index contributed by atoms with van der Waals surface area (Å²) in [6, 6.07) is 7.75. The minimum absolute atomic E-state index is 0.339. The molecule has 4 heteroatoms. The number of carbonyl (C=O) groups is 1. The van der Waals surface area contributed by atoms with Crippen LogP contribution in [0, 0.1) is 0 Å². The Kier molecular flexibility index (Phi) is 3.51. The first-order valence-electron chi connectivity index (χ1n) is 5.37. The lowest BCUT2D eigenvalue weighted by Gasteiger charge is -2.28. The van der Waals surface area contributed by atoms with Gasteiger partial charge in [0, 0.05) is 37.7 Å². The monoisotopic (exact) mass is 237 g/mol. The van der Waals surface area contributed by atoms with Gasteiger partial charge in [-0.3, -0.25) is 4.79 Å². The first-order valence-corrected chi connectivity index (χ1v) is 6.93. The Labute approximate surface area is 98.6 Å². The van der Waals surface area contributed by atoms with Crippen molar-refractivity contribution in [1.29, 1.82) is 0 Å². The van der Waals surface area contributed by atoms with Gasteiger partial charge in [0.25, 0.3) is 0 Å². The van der Waals surface area contributed by atoms with Crippen molar-refractivity contribution in [1.82, 2.24) is 0 Å². The van der Waals surface area contributed by atoms with Crippen LogP contribution in [0.25, 0.3) is 0 Å². The van der Waals surface area contributed by atoms with E-state index in [0.717, 1.165) is 23.7 Å². The average molecular weight is 237 g/mol. The maximum absolute atomic E-state index is 11.4. The van der Waals surface area contributed by atoms with E-state index in [-0.39, 0.29) is 0 Å². The minimum Gasteiger partial charge on any atom is -0.612 e. The first-order chi connectivity index (χ1) is 7.66. The molecule has 0 amide bonds. The van der Waals surface area contributed by atoms with Gasteiger partial charge in [-0.1, -0.05) is 6.07 Å². The van der Waals surface area contributed by atoms with Crippen LogP contribution >= 0.6 is 0 Å². The molecule has 0 aliphatic carbocycles. The molecular formula is C12H15NO2S. The van der Waals surface area contributed by atoms with Crippen LogP contribution in [0.3, 0.4) is 0 Å². The van der Waals surface area contributed by atoms with Crippen LogP contribution < -0.4 is 4.90 Å². The third-order valence-corrected chi connectivity index (χ3v) is 3.75. The van der Waals surface area contributed by atoms with Gasteiger partial charge < -0.3 is 9.45 Å². The molecule has 86 valence electrons. The van der Waals surface area contributed by atoms with E-state index in [2.05, 4.69) is 4.90 Å². The van der Waals surface area contributed by atoms with Crippen LogP contribution in [0.2, 0.25) is 0 Å². The van der Waals surface area contributed by atoms with Crippen molar-refractivity contribution in [2.24, 2.45) is 0 Å². The van der Waals surface area contributed by atoms with Gasteiger partial charge >= 0.3 is 0 Å². The molecule has 1 atom stereocenters. The van der Waals surface area contributed by atoms with Crippen molar-refractivity contribution in [3.05, 3.63) is 24.3 Å². The number of anilines is 1. The largest absolute Gasteiger partial charge is 0.612 e. The number of carbonyl (C=O) groups excluding carboxylic acids is 1. The predicted molar refractivity (Wildman–Crippen MR) is 65.2 cm³/mol. The molecule has 1 aliphatic heterocycles. The first kappa shape index (κ1) is 11.5. The summed E-state index contributed by atoms with van der Waals surface area (Å²) in [7, 11) is 0. The van der Waals surface area contributed by atoms with Crippen molar-refractivity contribution in [2.75, 3.05) is 24.2 Å². The second-order valence-electron chi connectivity index (χ2n) is 3.98. The Hall–Kier alpha value is -1.00. The Morgan fingerprint density at radius 3 is 2.62 bits per heavy atom. The molecule has 0 N–H and O–H groups in total. The lowest BCUT2D eigenvalue weighted by atomic mass is 10.1. The zero-order valence-electron chi connectivity index (χ0n) is 9.31. The highest BCUT2D eigenvalue weighted by molar-refractivity contribution is 7.90. The summed E-state index contributed by atoms with van der Waals surface area (Å²) in [5.41, 5.74) is 1.07. The van der Waals surface area contributed by atoms with Crippen molar-refractivity contribution < 1.29 is 9.35 Å². The molecule has 1 fully saturated rings. The van der Waals surface area contributed by atoms with E-state index in [1.807, 2.05) is 24.3 Å². The fourth-order valence-electron chi connectivity index (χ4n) is 1.87. The smallest absolute Gasteiger partial charge is 0.154 e. The molecule has 2 rings (SSSR count). The number of rotatable bonds is 2. The van der Waals surface area contributed by atoms with Gasteiger partial charge in [-0.15, -0.1) is 0 Å². The molecule has 0 aromatic heterocycles. The molecule has 1 aromatic rings. The standard InChI is InChI=1S/C12H15NO2S/c1-16(15)12-4-2-3-10(9-12)13-7-5-11(14)6-8-13/h2-4,9H,5-8H2,1H3. The van der Waals surface area contributed by atoms with Crippen molar-refractivity contribution in [3.63, 3.8) is 0 Å². The SMILES string of the molecule is C[S+]([O-])c1cccc(N2CCC(=O)CC2)c1. The van der Waals surface area contributed by atoms with Crippen LogP contribution in [0.15, 0.2) is 29.2 Å². The molecule has 0 bridgehead atoms. The maximum Gasteiger partial charge on any atom is 0.154 e. The Balaban J connectivity index is 2.14. The number of ketones is 1. The van der Waals surface area contributed by atoms with Crippen LogP contribution in [0.4, 0.5) is 5.69 Å². The van der Waals surface area contributed by atoms with Crippen LogP contribution in [-0.4, -0.2) is 29.7 Å². The summed E-state index contributed by atoms with van der Waals surface area (Å²) in [4.78, 5) is 14.2. The van der Waals surface area contributed by atoms with Gasteiger partial charge in [0.2, 0.25) is 0 Å². The molecule has 1 aromatic carbocycles. The number of benzene rings is 1. The molecule has 1 aliphatic rings. The summed E-state index contributed by atoms with van der Waals surface area (Å²) in [6.07, 6.45) is 2.93. The number of Topliss-reactive ketones (excluding diaryl/α,β-unsaturated/α-hetero) is 1.